The number of rotatable bonds is 2. The minimum Gasteiger partial charge on any atom is -0.391 e. The standard InChI is InChI=1S/C5H11ClO2/c1-3(6)5(8)4(2)7/h3-5,7-8H,1-2H3/t3-,4+,5-/m1/s1. The van der Waals surface area contributed by atoms with Gasteiger partial charge in [0.05, 0.1) is 17.6 Å². The summed E-state index contributed by atoms with van der Waals surface area (Å²) in [6.07, 6.45) is -1.54. The minimum atomic E-state index is -0.809. The second kappa shape index (κ2) is 3.28. The van der Waals surface area contributed by atoms with Gasteiger partial charge >= 0.3 is 0 Å². The molecule has 0 fully saturated rings. The molecule has 0 spiro atoms. The van der Waals surface area contributed by atoms with Crippen molar-refractivity contribution in [2.45, 2.75) is 31.4 Å². The van der Waals surface area contributed by atoms with E-state index in [0.29, 0.717) is 0 Å². The molecule has 0 radical (unpaired) electrons. The summed E-state index contributed by atoms with van der Waals surface area (Å²) in [4.78, 5) is 0. The van der Waals surface area contributed by atoms with Crippen LogP contribution in [0.1, 0.15) is 13.8 Å². The first-order chi connectivity index (χ1) is 3.55. The molecule has 0 unspecified atom stereocenters. The van der Waals surface area contributed by atoms with Gasteiger partial charge in [0.1, 0.15) is 0 Å². The smallest absolute Gasteiger partial charge is 0.0956 e. The number of alkyl halides is 1. The molecule has 0 rings (SSSR count). The van der Waals surface area contributed by atoms with E-state index in [1.54, 1.807) is 6.92 Å². The van der Waals surface area contributed by atoms with E-state index >= 15 is 0 Å². The number of aliphatic hydroxyl groups is 2. The van der Waals surface area contributed by atoms with Crippen LogP contribution in [0.25, 0.3) is 0 Å². The van der Waals surface area contributed by atoms with Crippen molar-refractivity contribution in [3.63, 3.8) is 0 Å². The van der Waals surface area contributed by atoms with Gasteiger partial charge in [-0.05, 0) is 13.8 Å². The molecule has 2 nitrogen and oxygen atoms in total. The Hall–Kier alpha value is 0.210. The van der Waals surface area contributed by atoms with Crippen LogP contribution in [0.3, 0.4) is 0 Å². The fraction of sp³-hybridized carbons (Fsp3) is 1.00. The van der Waals surface area contributed by atoms with E-state index in [1.165, 1.54) is 6.92 Å². The van der Waals surface area contributed by atoms with Crippen molar-refractivity contribution in [3.05, 3.63) is 0 Å². The fourth-order valence-corrected chi connectivity index (χ4v) is 0.594. The highest BCUT2D eigenvalue weighted by Gasteiger charge is 2.15. The van der Waals surface area contributed by atoms with Crippen LogP contribution in [0.4, 0.5) is 0 Å². The van der Waals surface area contributed by atoms with Crippen LogP contribution in [0.2, 0.25) is 0 Å². The number of hydrogen-bond donors (Lipinski definition) is 2. The lowest BCUT2D eigenvalue weighted by Crippen LogP contribution is -2.29. The van der Waals surface area contributed by atoms with Crippen molar-refractivity contribution in [1.82, 2.24) is 0 Å². The first kappa shape index (κ1) is 8.21. The van der Waals surface area contributed by atoms with Gasteiger partial charge in [-0.15, -0.1) is 11.6 Å². The van der Waals surface area contributed by atoms with Crippen molar-refractivity contribution in [2.24, 2.45) is 0 Å². The third kappa shape index (κ3) is 2.50. The van der Waals surface area contributed by atoms with Crippen LogP contribution < -0.4 is 0 Å². The normalized spacial score (nSPS) is 22.1. The van der Waals surface area contributed by atoms with Crippen molar-refractivity contribution in [1.29, 1.82) is 0 Å². The largest absolute Gasteiger partial charge is 0.391 e. The van der Waals surface area contributed by atoms with E-state index in [9.17, 15) is 0 Å². The van der Waals surface area contributed by atoms with Gasteiger partial charge in [-0.3, -0.25) is 0 Å². The molecule has 0 heterocycles. The highest BCUT2D eigenvalue weighted by Crippen LogP contribution is 2.04. The molecule has 0 bridgehead atoms. The van der Waals surface area contributed by atoms with Gasteiger partial charge < -0.3 is 10.2 Å². The summed E-state index contributed by atoms with van der Waals surface area (Å²) in [5, 5.41) is 17.1. The van der Waals surface area contributed by atoms with Gasteiger partial charge in [-0.2, -0.15) is 0 Å². The zero-order chi connectivity index (χ0) is 6.73. The molecule has 0 saturated heterocycles. The molecule has 3 atom stereocenters. The highest BCUT2D eigenvalue weighted by molar-refractivity contribution is 6.20. The van der Waals surface area contributed by atoms with E-state index in [2.05, 4.69) is 0 Å². The third-order valence-corrected chi connectivity index (χ3v) is 1.22. The molecule has 0 aliphatic heterocycles. The molecular formula is C5H11ClO2. The third-order valence-electron chi connectivity index (χ3n) is 0.965. The Kier molecular flexibility index (Phi) is 3.36. The maximum Gasteiger partial charge on any atom is 0.0956 e. The summed E-state index contributed by atoms with van der Waals surface area (Å²) in [5.41, 5.74) is 0. The average Bonchev–Trinajstić information content (AvgIpc) is 1.64. The summed E-state index contributed by atoms with van der Waals surface area (Å²) in [6, 6.07) is 0. The van der Waals surface area contributed by atoms with Gasteiger partial charge in [-0.1, -0.05) is 0 Å². The first-order valence-electron chi connectivity index (χ1n) is 2.56. The molecule has 0 aromatic heterocycles. The van der Waals surface area contributed by atoms with E-state index in [4.69, 9.17) is 21.8 Å². The summed E-state index contributed by atoms with van der Waals surface area (Å²) < 4.78 is 0. The summed E-state index contributed by atoms with van der Waals surface area (Å²) >= 11 is 5.41. The molecule has 8 heavy (non-hydrogen) atoms. The number of hydrogen-bond acceptors (Lipinski definition) is 2. The predicted molar refractivity (Wildman–Crippen MR) is 33.0 cm³/mol. The quantitative estimate of drug-likeness (QED) is 0.541. The fourth-order valence-electron chi connectivity index (χ4n) is 0.384. The van der Waals surface area contributed by atoms with Gasteiger partial charge in [0.15, 0.2) is 0 Å². The van der Waals surface area contributed by atoms with E-state index in [1.807, 2.05) is 0 Å². The van der Waals surface area contributed by atoms with Crippen molar-refractivity contribution in [2.75, 3.05) is 0 Å². The molecule has 0 aromatic rings. The maximum absolute atomic E-state index is 8.82. The molecule has 0 aliphatic carbocycles. The van der Waals surface area contributed by atoms with Crippen molar-refractivity contribution < 1.29 is 10.2 Å². The summed E-state index contributed by atoms with van der Waals surface area (Å²) in [7, 11) is 0. The molecular weight excluding hydrogens is 128 g/mol. The van der Waals surface area contributed by atoms with Crippen LogP contribution in [-0.4, -0.2) is 27.8 Å². The molecule has 0 amide bonds. The van der Waals surface area contributed by atoms with Crippen LogP contribution in [-0.2, 0) is 0 Å². The van der Waals surface area contributed by atoms with Gasteiger partial charge in [0.2, 0.25) is 0 Å². The number of aliphatic hydroxyl groups excluding tert-OH is 2. The topological polar surface area (TPSA) is 40.5 Å². The predicted octanol–water partition coefficient (Wildman–Crippen LogP) is 0.355. The zero-order valence-corrected chi connectivity index (χ0v) is 5.76. The molecule has 0 saturated carbocycles. The second-order valence-electron chi connectivity index (χ2n) is 1.91. The Morgan fingerprint density at radius 1 is 1.25 bits per heavy atom. The molecule has 2 N–H and O–H groups in total. The first-order valence-corrected chi connectivity index (χ1v) is 2.99. The lowest BCUT2D eigenvalue weighted by atomic mass is 10.2. The van der Waals surface area contributed by atoms with Gasteiger partial charge in [0.25, 0.3) is 0 Å². The van der Waals surface area contributed by atoms with E-state index < -0.39 is 12.2 Å². The van der Waals surface area contributed by atoms with Crippen LogP contribution in [0.15, 0.2) is 0 Å². The Balaban J connectivity index is 3.46. The Labute approximate surface area is 54.1 Å². The molecule has 3 heteroatoms. The summed E-state index contributed by atoms with van der Waals surface area (Å²) in [5.74, 6) is 0. The average molecular weight is 139 g/mol. The SMILES string of the molecule is C[C@H](O)[C@H](O)[C@@H](C)Cl. The highest BCUT2D eigenvalue weighted by atomic mass is 35.5. The van der Waals surface area contributed by atoms with Gasteiger partial charge in [-0.25, -0.2) is 0 Å². The Morgan fingerprint density at radius 2 is 1.62 bits per heavy atom. The lowest BCUT2D eigenvalue weighted by molar-refractivity contribution is 0.0318. The Morgan fingerprint density at radius 3 is 1.62 bits per heavy atom. The molecule has 0 aromatic carbocycles. The van der Waals surface area contributed by atoms with Gasteiger partial charge in [0, 0.05) is 0 Å². The summed E-state index contributed by atoms with van der Waals surface area (Å²) in [6.45, 7) is 3.14. The Bertz CT molecular complexity index is 55.4. The van der Waals surface area contributed by atoms with E-state index in [-0.39, 0.29) is 5.38 Å². The molecule has 50 valence electrons. The van der Waals surface area contributed by atoms with E-state index in [0.717, 1.165) is 0 Å². The van der Waals surface area contributed by atoms with Crippen LogP contribution >= 0.6 is 11.6 Å². The lowest BCUT2D eigenvalue weighted by Gasteiger charge is -2.14. The van der Waals surface area contributed by atoms with Crippen molar-refractivity contribution >= 4 is 11.6 Å². The number of halogens is 1. The van der Waals surface area contributed by atoms with Crippen LogP contribution in [0.5, 0.6) is 0 Å². The van der Waals surface area contributed by atoms with Crippen molar-refractivity contribution in [3.8, 4) is 0 Å². The molecule has 0 aliphatic rings. The monoisotopic (exact) mass is 138 g/mol. The zero-order valence-electron chi connectivity index (χ0n) is 5.00. The van der Waals surface area contributed by atoms with Crippen LogP contribution in [0, 0.1) is 0 Å². The second-order valence-corrected chi connectivity index (χ2v) is 2.60. The minimum absolute atomic E-state index is 0.380. The maximum atomic E-state index is 8.82.